The van der Waals surface area contributed by atoms with Gasteiger partial charge in [0.1, 0.15) is 6.07 Å². The number of hydrogen-bond donors (Lipinski definition) is 1. The van der Waals surface area contributed by atoms with Crippen LogP contribution in [-0.2, 0) is 6.18 Å². The highest BCUT2D eigenvalue weighted by Gasteiger charge is 2.30. The van der Waals surface area contributed by atoms with Crippen LogP contribution in [0.25, 0.3) is 11.6 Å². The van der Waals surface area contributed by atoms with Gasteiger partial charge in [-0.1, -0.05) is 6.07 Å². The van der Waals surface area contributed by atoms with E-state index in [0.29, 0.717) is 6.20 Å². The van der Waals surface area contributed by atoms with Gasteiger partial charge in [0.15, 0.2) is 5.75 Å². The van der Waals surface area contributed by atoms with Crippen LogP contribution in [-0.4, -0.2) is 15.0 Å². The smallest absolute Gasteiger partial charge is 0.417 e. The van der Waals surface area contributed by atoms with Crippen molar-refractivity contribution in [3.8, 4) is 11.8 Å². The van der Waals surface area contributed by atoms with Crippen molar-refractivity contribution in [2.24, 2.45) is 0 Å². The first-order valence-electron chi connectivity index (χ1n) is 6.35. The Balaban J connectivity index is 2.42. The summed E-state index contributed by atoms with van der Waals surface area (Å²) in [6, 6.07) is 7.04. The van der Waals surface area contributed by atoms with Gasteiger partial charge < -0.3 is 5.11 Å². The minimum absolute atomic E-state index is 0.0128. The first-order chi connectivity index (χ1) is 11.2. The summed E-state index contributed by atoms with van der Waals surface area (Å²) in [6.45, 7) is 0. The second-order valence-electron chi connectivity index (χ2n) is 4.60. The zero-order chi connectivity index (χ0) is 17.9. The van der Waals surface area contributed by atoms with E-state index in [-0.39, 0.29) is 16.8 Å². The highest BCUT2D eigenvalue weighted by atomic mass is 19.4. The first-order valence-corrected chi connectivity index (χ1v) is 6.35. The zero-order valence-electron chi connectivity index (χ0n) is 11.8. The molecule has 2 aromatic rings. The fourth-order valence-electron chi connectivity index (χ4n) is 1.83. The molecule has 0 fully saturated rings. The average molecular weight is 335 g/mol. The Morgan fingerprint density at radius 2 is 2.04 bits per heavy atom. The van der Waals surface area contributed by atoms with Crippen LogP contribution in [0, 0.1) is 21.4 Å². The second kappa shape index (κ2) is 6.37. The molecule has 122 valence electrons. The molecule has 0 aliphatic heterocycles. The number of benzene rings is 1. The topological polar surface area (TPSA) is 100 Å². The third kappa shape index (κ3) is 3.67. The van der Waals surface area contributed by atoms with Crippen LogP contribution in [0.15, 0.2) is 36.5 Å². The number of nitrogens with zero attached hydrogens (tertiary/aromatic N) is 3. The fourth-order valence-corrected chi connectivity index (χ4v) is 1.83. The Labute approximate surface area is 133 Å². The third-order valence-corrected chi connectivity index (χ3v) is 2.99. The van der Waals surface area contributed by atoms with E-state index in [1.807, 2.05) is 0 Å². The number of nitro groups is 1. The molecule has 1 N–H and O–H groups in total. The van der Waals surface area contributed by atoms with Gasteiger partial charge in [-0.25, -0.2) is 0 Å². The van der Waals surface area contributed by atoms with Crippen molar-refractivity contribution in [3.63, 3.8) is 0 Å². The largest absolute Gasteiger partial charge is 0.502 e. The van der Waals surface area contributed by atoms with Crippen LogP contribution in [0.2, 0.25) is 0 Å². The molecule has 0 aliphatic rings. The van der Waals surface area contributed by atoms with Gasteiger partial charge in [0.25, 0.3) is 0 Å². The number of halogens is 3. The molecule has 6 nitrogen and oxygen atoms in total. The van der Waals surface area contributed by atoms with E-state index in [0.717, 1.165) is 24.3 Å². The molecule has 0 aliphatic carbocycles. The summed E-state index contributed by atoms with van der Waals surface area (Å²) in [6.07, 6.45) is -2.72. The number of aromatic hydroxyl groups is 1. The fraction of sp³-hybridized carbons (Fsp3) is 0.0667. The molecule has 0 unspecified atom stereocenters. The van der Waals surface area contributed by atoms with E-state index in [2.05, 4.69) is 4.98 Å². The van der Waals surface area contributed by atoms with Gasteiger partial charge in [-0.15, -0.1) is 0 Å². The number of allylic oxidation sites excluding steroid dienone is 1. The van der Waals surface area contributed by atoms with Gasteiger partial charge in [-0.2, -0.15) is 18.4 Å². The summed E-state index contributed by atoms with van der Waals surface area (Å²) >= 11 is 0. The van der Waals surface area contributed by atoms with Gasteiger partial charge in [0.05, 0.1) is 21.8 Å². The molecule has 0 spiro atoms. The molecule has 24 heavy (non-hydrogen) atoms. The van der Waals surface area contributed by atoms with Crippen LogP contribution in [0.4, 0.5) is 18.9 Å². The Morgan fingerprint density at radius 1 is 1.33 bits per heavy atom. The SMILES string of the molecule is N#C/C(=C\c1ccc(O)c([N+](=O)[O-])c1)c1ccc(C(F)(F)F)cn1. The Morgan fingerprint density at radius 3 is 2.54 bits per heavy atom. The highest BCUT2D eigenvalue weighted by Crippen LogP contribution is 2.30. The van der Waals surface area contributed by atoms with E-state index in [1.54, 1.807) is 6.07 Å². The van der Waals surface area contributed by atoms with Crippen LogP contribution >= 0.6 is 0 Å². The van der Waals surface area contributed by atoms with Gasteiger partial charge in [0, 0.05) is 12.3 Å². The van der Waals surface area contributed by atoms with Gasteiger partial charge in [-0.05, 0) is 29.8 Å². The summed E-state index contributed by atoms with van der Waals surface area (Å²) in [5.74, 6) is -0.539. The number of phenolic OH excluding ortho intramolecular Hbond substituents is 1. The van der Waals surface area contributed by atoms with E-state index >= 15 is 0 Å². The number of alkyl halides is 3. The number of nitro benzene ring substituents is 1. The predicted molar refractivity (Wildman–Crippen MR) is 77.5 cm³/mol. The molecular weight excluding hydrogens is 327 g/mol. The van der Waals surface area contributed by atoms with Crippen molar-refractivity contribution in [2.45, 2.75) is 6.18 Å². The summed E-state index contributed by atoms with van der Waals surface area (Å²) in [7, 11) is 0. The molecule has 1 heterocycles. The average Bonchev–Trinajstić information content (AvgIpc) is 2.53. The lowest BCUT2D eigenvalue weighted by atomic mass is 10.1. The van der Waals surface area contributed by atoms with E-state index in [9.17, 15) is 28.4 Å². The van der Waals surface area contributed by atoms with Crippen molar-refractivity contribution >= 4 is 17.3 Å². The number of rotatable bonds is 3. The van der Waals surface area contributed by atoms with Crippen LogP contribution in [0.5, 0.6) is 5.75 Å². The highest BCUT2D eigenvalue weighted by molar-refractivity contribution is 5.88. The minimum Gasteiger partial charge on any atom is -0.502 e. The molecule has 1 aromatic carbocycles. The Hall–Kier alpha value is -3.41. The van der Waals surface area contributed by atoms with Gasteiger partial charge in [0.2, 0.25) is 0 Å². The molecule has 0 bridgehead atoms. The lowest BCUT2D eigenvalue weighted by Gasteiger charge is -2.06. The van der Waals surface area contributed by atoms with Crippen LogP contribution < -0.4 is 0 Å². The number of nitriles is 1. The Kier molecular flexibility index (Phi) is 4.50. The molecule has 0 amide bonds. The normalized spacial score (nSPS) is 11.8. The van der Waals surface area contributed by atoms with Crippen molar-refractivity contribution in [1.29, 1.82) is 5.26 Å². The molecule has 2 rings (SSSR count). The van der Waals surface area contributed by atoms with Crippen molar-refractivity contribution in [3.05, 3.63) is 63.5 Å². The van der Waals surface area contributed by atoms with E-state index < -0.39 is 28.1 Å². The van der Waals surface area contributed by atoms with Crippen molar-refractivity contribution in [1.82, 2.24) is 4.98 Å². The molecule has 9 heteroatoms. The predicted octanol–water partition coefficient (Wildman–Crippen LogP) is 3.78. The number of aromatic nitrogens is 1. The lowest BCUT2D eigenvalue weighted by Crippen LogP contribution is -2.05. The summed E-state index contributed by atoms with van der Waals surface area (Å²) in [5, 5.41) is 29.3. The standard InChI is InChI=1S/C15H8F3N3O3/c16-15(17,18)11-2-3-12(20-8-11)10(7-19)5-9-1-4-14(22)13(6-9)21(23)24/h1-6,8,22H/b10-5+. The minimum atomic E-state index is -4.54. The summed E-state index contributed by atoms with van der Waals surface area (Å²) in [4.78, 5) is 13.6. The number of hydrogen-bond acceptors (Lipinski definition) is 5. The maximum Gasteiger partial charge on any atom is 0.417 e. The maximum atomic E-state index is 12.5. The molecule has 0 saturated heterocycles. The first kappa shape index (κ1) is 17.0. The zero-order valence-corrected chi connectivity index (χ0v) is 11.8. The molecule has 1 aromatic heterocycles. The van der Waals surface area contributed by atoms with E-state index in [1.165, 1.54) is 12.1 Å². The third-order valence-electron chi connectivity index (χ3n) is 2.99. The quantitative estimate of drug-likeness (QED) is 0.523. The monoisotopic (exact) mass is 335 g/mol. The van der Waals surface area contributed by atoms with Crippen LogP contribution in [0.3, 0.4) is 0 Å². The second-order valence-corrected chi connectivity index (χ2v) is 4.60. The summed E-state index contributed by atoms with van der Waals surface area (Å²) in [5.41, 5.74) is -1.38. The van der Waals surface area contributed by atoms with Gasteiger partial charge in [-0.3, -0.25) is 15.1 Å². The number of pyridine rings is 1. The molecule has 0 saturated carbocycles. The summed E-state index contributed by atoms with van der Waals surface area (Å²) < 4.78 is 37.5. The Bertz CT molecular complexity index is 853. The molecular formula is C15H8F3N3O3. The lowest BCUT2D eigenvalue weighted by molar-refractivity contribution is -0.385. The van der Waals surface area contributed by atoms with E-state index in [4.69, 9.17) is 5.26 Å². The molecule has 0 atom stereocenters. The maximum absolute atomic E-state index is 12.5. The van der Waals surface area contributed by atoms with Crippen LogP contribution in [0.1, 0.15) is 16.8 Å². The van der Waals surface area contributed by atoms with Crippen molar-refractivity contribution < 1.29 is 23.2 Å². The van der Waals surface area contributed by atoms with Gasteiger partial charge >= 0.3 is 11.9 Å². The van der Waals surface area contributed by atoms with Crippen molar-refractivity contribution in [2.75, 3.05) is 0 Å². The number of phenols is 1. The molecule has 0 radical (unpaired) electrons.